The number of aryl methyl sites for hydroxylation is 1. The van der Waals surface area contributed by atoms with Crippen LogP contribution in [0.3, 0.4) is 0 Å². The van der Waals surface area contributed by atoms with Crippen LogP contribution in [0.15, 0.2) is 35.8 Å². The average Bonchev–Trinajstić information content (AvgIpc) is 3.04. The lowest BCUT2D eigenvalue weighted by Gasteiger charge is -2.28. The summed E-state index contributed by atoms with van der Waals surface area (Å²) in [6.07, 6.45) is 1.85. The zero-order valence-electron chi connectivity index (χ0n) is 13.1. The van der Waals surface area contributed by atoms with Gasteiger partial charge in [-0.2, -0.15) is 0 Å². The maximum Gasteiger partial charge on any atom is 0.170 e. The number of rotatable bonds is 4. The molecule has 0 radical (unpaired) electrons. The Morgan fingerprint density at radius 1 is 1.36 bits per heavy atom. The van der Waals surface area contributed by atoms with Crippen molar-refractivity contribution < 1.29 is 0 Å². The summed E-state index contributed by atoms with van der Waals surface area (Å²) in [5.74, 6) is 0.560. The summed E-state index contributed by atoms with van der Waals surface area (Å²) in [5.41, 5.74) is 2.38. The minimum atomic E-state index is 0.116. The average molecular weight is 332 g/mol. The Kier molecular flexibility index (Phi) is 4.45. The summed E-state index contributed by atoms with van der Waals surface area (Å²) < 4.78 is 0. The van der Waals surface area contributed by atoms with Crippen molar-refractivity contribution in [2.75, 3.05) is 6.54 Å². The van der Waals surface area contributed by atoms with Gasteiger partial charge in [-0.1, -0.05) is 19.9 Å². The largest absolute Gasteiger partial charge is 0.352 e. The van der Waals surface area contributed by atoms with E-state index >= 15 is 0 Å². The summed E-state index contributed by atoms with van der Waals surface area (Å²) in [7, 11) is 0. The Hall–Kier alpha value is -1.46. The third-order valence-corrected chi connectivity index (χ3v) is 5.37. The van der Waals surface area contributed by atoms with E-state index in [4.69, 9.17) is 12.2 Å². The Morgan fingerprint density at radius 2 is 2.18 bits per heavy atom. The first-order valence-corrected chi connectivity index (χ1v) is 8.88. The molecule has 3 nitrogen and oxygen atoms in total. The van der Waals surface area contributed by atoms with E-state index in [2.05, 4.69) is 53.5 Å². The number of nitrogens with one attached hydrogen (secondary N) is 1. The van der Waals surface area contributed by atoms with E-state index in [-0.39, 0.29) is 12.1 Å². The molecule has 3 heterocycles. The molecule has 0 saturated carbocycles. The molecule has 22 heavy (non-hydrogen) atoms. The fourth-order valence-electron chi connectivity index (χ4n) is 2.97. The van der Waals surface area contributed by atoms with Crippen LogP contribution in [-0.2, 0) is 0 Å². The van der Waals surface area contributed by atoms with E-state index in [1.54, 1.807) is 0 Å². The molecular formula is C17H21N3S2. The SMILES string of the molecule is Cc1ccsc1[C@H]1[C@H](c2ccccn2)NC(=S)N1CC(C)C. The van der Waals surface area contributed by atoms with Gasteiger partial charge in [-0.05, 0) is 54.2 Å². The van der Waals surface area contributed by atoms with Crippen molar-refractivity contribution in [2.45, 2.75) is 32.9 Å². The summed E-state index contributed by atoms with van der Waals surface area (Å²) in [5, 5.41) is 6.49. The van der Waals surface area contributed by atoms with E-state index in [0.717, 1.165) is 17.4 Å². The van der Waals surface area contributed by atoms with Gasteiger partial charge in [0.25, 0.3) is 0 Å². The number of thiophene rings is 1. The molecule has 1 saturated heterocycles. The summed E-state index contributed by atoms with van der Waals surface area (Å²) in [6.45, 7) is 7.59. The van der Waals surface area contributed by atoms with Crippen LogP contribution in [0.5, 0.6) is 0 Å². The van der Waals surface area contributed by atoms with Crippen molar-refractivity contribution in [3.8, 4) is 0 Å². The molecule has 1 aliphatic heterocycles. The van der Waals surface area contributed by atoms with Gasteiger partial charge in [0.2, 0.25) is 0 Å². The molecular weight excluding hydrogens is 310 g/mol. The third-order valence-electron chi connectivity index (χ3n) is 3.93. The van der Waals surface area contributed by atoms with Crippen LogP contribution in [0.2, 0.25) is 0 Å². The van der Waals surface area contributed by atoms with Crippen molar-refractivity contribution in [2.24, 2.45) is 5.92 Å². The molecule has 0 bridgehead atoms. The zero-order valence-corrected chi connectivity index (χ0v) is 14.7. The highest BCUT2D eigenvalue weighted by Crippen LogP contribution is 2.42. The lowest BCUT2D eigenvalue weighted by molar-refractivity contribution is 0.291. The normalized spacial score (nSPS) is 21.5. The fourth-order valence-corrected chi connectivity index (χ4v) is 4.36. The lowest BCUT2D eigenvalue weighted by atomic mass is 10.0. The molecule has 3 rings (SSSR count). The van der Waals surface area contributed by atoms with E-state index in [1.165, 1.54) is 10.4 Å². The summed E-state index contributed by atoms with van der Waals surface area (Å²) in [6, 6.07) is 8.60. The van der Waals surface area contributed by atoms with Crippen LogP contribution in [0.4, 0.5) is 0 Å². The second-order valence-electron chi connectivity index (χ2n) is 6.14. The number of thiocarbonyl (C=S) groups is 1. The van der Waals surface area contributed by atoms with Crippen LogP contribution in [-0.4, -0.2) is 21.5 Å². The first-order valence-electron chi connectivity index (χ1n) is 7.60. The van der Waals surface area contributed by atoms with Crippen molar-refractivity contribution in [3.05, 3.63) is 52.0 Å². The van der Waals surface area contributed by atoms with Gasteiger partial charge in [0.15, 0.2) is 5.11 Å². The molecule has 116 valence electrons. The molecule has 2 aromatic heterocycles. The van der Waals surface area contributed by atoms with Crippen molar-refractivity contribution in [1.29, 1.82) is 0 Å². The van der Waals surface area contributed by atoms with Crippen LogP contribution < -0.4 is 5.32 Å². The molecule has 0 aromatic carbocycles. The van der Waals surface area contributed by atoms with E-state index in [1.807, 2.05) is 29.7 Å². The molecule has 0 amide bonds. The lowest BCUT2D eigenvalue weighted by Crippen LogP contribution is -2.32. The molecule has 5 heteroatoms. The smallest absolute Gasteiger partial charge is 0.170 e. The fraction of sp³-hybridized carbons (Fsp3) is 0.412. The number of pyridine rings is 1. The predicted octanol–water partition coefficient (Wildman–Crippen LogP) is 4.08. The van der Waals surface area contributed by atoms with Crippen molar-refractivity contribution in [1.82, 2.24) is 15.2 Å². The molecule has 2 aromatic rings. The van der Waals surface area contributed by atoms with Gasteiger partial charge in [-0.25, -0.2) is 0 Å². The van der Waals surface area contributed by atoms with Gasteiger partial charge >= 0.3 is 0 Å². The molecule has 0 spiro atoms. The number of aromatic nitrogens is 1. The molecule has 1 fully saturated rings. The maximum absolute atomic E-state index is 5.62. The highest BCUT2D eigenvalue weighted by molar-refractivity contribution is 7.80. The molecule has 0 aliphatic carbocycles. The second-order valence-corrected chi connectivity index (χ2v) is 7.48. The van der Waals surface area contributed by atoms with Crippen LogP contribution in [0.1, 0.15) is 42.1 Å². The first kappa shape index (κ1) is 15.4. The molecule has 2 atom stereocenters. The zero-order chi connectivity index (χ0) is 15.7. The number of hydrogen-bond donors (Lipinski definition) is 1. The monoisotopic (exact) mass is 331 g/mol. The van der Waals surface area contributed by atoms with E-state index < -0.39 is 0 Å². The highest BCUT2D eigenvalue weighted by atomic mass is 32.1. The number of nitrogens with zero attached hydrogens (tertiary/aromatic N) is 2. The molecule has 0 unspecified atom stereocenters. The Labute approximate surface area is 141 Å². The Morgan fingerprint density at radius 3 is 2.77 bits per heavy atom. The molecule has 1 aliphatic rings. The van der Waals surface area contributed by atoms with Gasteiger partial charge in [0, 0.05) is 17.6 Å². The quantitative estimate of drug-likeness (QED) is 0.855. The van der Waals surface area contributed by atoms with Gasteiger partial charge < -0.3 is 10.2 Å². The van der Waals surface area contributed by atoms with E-state index in [9.17, 15) is 0 Å². The number of hydrogen-bond acceptors (Lipinski definition) is 3. The van der Waals surface area contributed by atoms with Gasteiger partial charge in [0.05, 0.1) is 17.8 Å². The maximum atomic E-state index is 5.62. The van der Waals surface area contributed by atoms with Gasteiger partial charge in [-0.3, -0.25) is 4.98 Å². The summed E-state index contributed by atoms with van der Waals surface area (Å²) in [4.78, 5) is 8.26. The van der Waals surface area contributed by atoms with Crippen LogP contribution in [0, 0.1) is 12.8 Å². The Balaban J connectivity index is 2.02. The first-order chi connectivity index (χ1) is 10.6. The molecule has 1 N–H and O–H groups in total. The van der Waals surface area contributed by atoms with Gasteiger partial charge in [-0.15, -0.1) is 11.3 Å². The van der Waals surface area contributed by atoms with Gasteiger partial charge in [0.1, 0.15) is 0 Å². The standard InChI is InChI=1S/C17H21N3S2/c1-11(2)10-20-15(16-12(3)7-9-22-16)14(19-17(20)21)13-6-4-5-8-18-13/h4-9,11,14-15H,10H2,1-3H3,(H,19,21)/t14-,15+/m0/s1. The van der Waals surface area contributed by atoms with E-state index in [0.29, 0.717) is 5.92 Å². The van der Waals surface area contributed by atoms with Crippen LogP contribution >= 0.6 is 23.6 Å². The Bertz CT molecular complexity index is 651. The minimum Gasteiger partial charge on any atom is -0.352 e. The highest BCUT2D eigenvalue weighted by Gasteiger charge is 2.40. The van der Waals surface area contributed by atoms with Crippen molar-refractivity contribution >= 4 is 28.7 Å². The van der Waals surface area contributed by atoms with Crippen LogP contribution in [0.25, 0.3) is 0 Å². The topological polar surface area (TPSA) is 28.2 Å². The van der Waals surface area contributed by atoms with Crippen molar-refractivity contribution in [3.63, 3.8) is 0 Å². The third kappa shape index (κ3) is 2.88. The second kappa shape index (κ2) is 6.34. The minimum absolute atomic E-state index is 0.116. The predicted molar refractivity (Wildman–Crippen MR) is 96.1 cm³/mol. The summed E-state index contributed by atoms with van der Waals surface area (Å²) >= 11 is 7.43.